The van der Waals surface area contributed by atoms with Crippen LogP contribution in [0.2, 0.25) is 0 Å². The Bertz CT molecular complexity index is 866. The second-order valence-electron chi connectivity index (χ2n) is 8.07. The van der Waals surface area contributed by atoms with Crippen LogP contribution in [0.3, 0.4) is 0 Å². The Kier molecular flexibility index (Phi) is 12.1. The zero-order valence-electron chi connectivity index (χ0n) is 20.3. The molecule has 0 spiro atoms. The van der Waals surface area contributed by atoms with Crippen molar-refractivity contribution in [3.8, 4) is 11.5 Å². The number of nitrogens with one attached hydrogen (secondary N) is 2. The van der Waals surface area contributed by atoms with Gasteiger partial charge in [-0.05, 0) is 38.2 Å². The molecule has 0 radical (unpaired) electrons. The highest BCUT2D eigenvalue weighted by Gasteiger charge is 2.21. The van der Waals surface area contributed by atoms with Crippen LogP contribution in [0.25, 0.3) is 10.9 Å². The van der Waals surface area contributed by atoms with Gasteiger partial charge in [0.25, 0.3) is 0 Å². The number of hydrogen-bond donors (Lipinski definition) is 2. The average Bonchev–Trinajstić information content (AvgIpc) is 3.24. The number of nitrogens with zero attached hydrogens (tertiary/aromatic N) is 2. The molecule has 33 heavy (non-hydrogen) atoms. The largest absolute Gasteiger partial charge is 0.497 e. The molecule has 1 fully saturated rings. The smallest absolute Gasteiger partial charge is 0.193 e. The molecule has 0 unspecified atom stereocenters. The quantitative estimate of drug-likeness (QED) is 0.184. The lowest BCUT2D eigenvalue weighted by atomic mass is 10.1. The zero-order valence-corrected chi connectivity index (χ0v) is 22.6. The zero-order chi connectivity index (χ0) is 22.8. The van der Waals surface area contributed by atoms with Gasteiger partial charge in [0.15, 0.2) is 5.96 Å². The number of methoxy groups -OCH3 is 3. The first-order chi connectivity index (χ1) is 15.7. The molecule has 9 heteroatoms. The van der Waals surface area contributed by atoms with Crippen molar-refractivity contribution in [1.29, 1.82) is 0 Å². The summed E-state index contributed by atoms with van der Waals surface area (Å²) in [5.41, 5.74) is 2.22. The van der Waals surface area contributed by atoms with Crippen molar-refractivity contribution in [2.75, 3.05) is 61.2 Å². The Morgan fingerprint density at radius 3 is 2.55 bits per heavy atom. The van der Waals surface area contributed by atoms with Crippen molar-refractivity contribution in [3.63, 3.8) is 0 Å². The van der Waals surface area contributed by atoms with Crippen LogP contribution in [0.5, 0.6) is 11.5 Å². The standard InChI is InChI=1S/C24H38N4O4.HI/c1-25-24(28-11-8-19(9-12-28)32-14-6-13-29-2)26-10-5-7-18-15-21-22(27-18)16-20(30-3)17-23(21)31-4;/h15-17,19,27H,5-14H2,1-4H3,(H,25,26);1H. The number of halogens is 1. The number of piperidine rings is 1. The van der Waals surface area contributed by atoms with Gasteiger partial charge in [-0.15, -0.1) is 24.0 Å². The second-order valence-corrected chi connectivity index (χ2v) is 8.07. The lowest BCUT2D eigenvalue weighted by Crippen LogP contribution is -2.47. The summed E-state index contributed by atoms with van der Waals surface area (Å²) in [7, 11) is 6.94. The Morgan fingerprint density at radius 2 is 1.88 bits per heavy atom. The molecule has 2 heterocycles. The molecule has 3 rings (SSSR count). The summed E-state index contributed by atoms with van der Waals surface area (Å²) in [6.07, 6.45) is 5.32. The van der Waals surface area contributed by atoms with E-state index in [1.54, 1.807) is 21.3 Å². The molecule has 1 aliphatic rings. The fraction of sp³-hybridized carbons (Fsp3) is 0.625. The summed E-state index contributed by atoms with van der Waals surface area (Å²) in [5, 5.41) is 4.60. The van der Waals surface area contributed by atoms with Gasteiger partial charge in [0, 0.05) is 70.2 Å². The van der Waals surface area contributed by atoms with Gasteiger partial charge in [0.05, 0.1) is 25.8 Å². The van der Waals surface area contributed by atoms with Gasteiger partial charge < -0.3 is 34.1 Å². The summed E-state index contributed by atoms with van der Waals surface area (Å²) in [6, 6.07) is 6.09. The fourth-order valence-corrected chi connectivity index (χ4v) is 4.16. The number of ether oxygens (including phenoxy) is 4. The third-order valence-electron chi connectivity index (χ3n) is 5.89. The second kappa shape index (κ2) is 14.5. The van der Waals surface area contributed by atoms with Crippen LogP contribution in [0.15, 0.2) is 23.2 Å². The third kappa shape index (κ3) is 7.92. The summed E-state index contributed by atoms with van der Waals surface area (Å²) < 4.78 is 21.9. The van der Waals surface area contributed by atoms with Crippen LogP contribution in [0.1, 0.15) is 31.4 Å². The summed E-state index contributed by atoms with van der Waals surface area (Å²) in [6.45, 7) is 4.35. The van der Waals surface area contributed by atoms with E-state index in [-0.39, 0.29) is 24.0 Å². The Labute approximate surface area is 214 Å². The van der Waals surface area contributed by atoms with Crippen molar-refractivity contribution in [1.82, 2.24) is 15.2 Å². The van der Waals surface area contributed by atoms with Gasteiger partial charge in [-0.3, -0.25) is 4.99 Å². The van der Waals surface area contributed by atoms with Crippen LogP contribution in [0, 0.1) is 0 Å². The number of fused-ring (bicyclic) bond motifs is 1. The number of likely N-dealkylation sites (tertiary alicyclic amines) is 1. The van der Waals surface area contributed by atoms with Crippen LogP contribution < -0.4 is 14.8 Å². The molecular formula is C24H39IN4O4. The summed E-state index contributed by atoms with van der Waals surface area (Å²) in [4.78, 5) is 10.3. The van der Waals surface area contributed by atoms with Crippen molar-refractivity contribution in [2.45, 2.75) is 38.2 Å². The number of aromatic nitrogens is 1. The first kappa shape index (κ1) is 27.5. The minimum Gasteiger partial charge on any atom is -0.497 e. The number of aromatic amines is 1. The average molecular weight is 575 g/mol. The summed E-state index contributed by atoms with van der Waals surface area (Å²) in [5.74, 6) is 2.59. The van der Waals surface area contributed by atoms with E-state index in [2.05, 4.69) is 26.3 Å². The van der Waals surface area contributed by atoms with Crippen LogP contribution >= 0.6 is 24.0 Å². The molecule has 1 aliphatic heterocycles. The molecule has 0 aliphatic carbocycles. The number of aliphatic imine (C=N–C) groups is 1. The van der Waals surface area contributed by atoms with Crippen molar-refractivity contribution in [3.05, 3.63) is 23.9 Å². The lowest BCUT2D eigenvalue weighted by Gasteiger charge is -2.34. The molecule has 0 bridgehead atoms. The lowest BCUT2D eigenvalue weighted by molar-refractivity contribution is 0.00991. The SMILES string of the molecule is CN=C(NCCCc1cc2c(OC)cc(OC)cc2[nH]1)N1CCC(OCCCOC)CC1.I. The topological polar surface area (TPSA) is 80.3 Å². The van der Waals surface area contributed by atoms with Crippen LogP contribution in [-0.2, 0) is 15.9 Å². The van der Waals surface area contributed by atoms with E-state index in [9.17, 15) is 0 Å². The Morgan fingerprint density at radius 1 is 1.09 bits per heavy atom. The maximum Gasteiger partial charge on any atom is 0.193 e. The molecule has 2 aromatic rings. The highest BCUT2D eigenvalue weighted by Crippen LogP contribution is 2.31. The molecule has 0 amide bonds. The number of rotatable bonds is 11. The predicted molar refractivity (Wildman–Crippen MR) is 144 cm³/mol. The number of guanidine groups is 1. The third-order valence-corrected chi connectivity index (χ3v) is 5.89. The molecular weight excluding hydrogens is 535 g/mol. The van der Waals surface area contributed by atoms with Crippen LogP contribution in [0.4, 0.5) is 0 Å². The number of aryl methyl sites for hydroxylation is 1. The monoisotopic (exact) mass is 574 g/mol. The van der Waals surface area contributed by atoms with E-state index in [1.165, 1.54) is 5.69 Å². The molecule has 8 nitrogen and oxygen atoms in total. The van der Waals surface area contributed by atoms with E-state index in [0.717, 1.165) is 93.3 Å². The number of H-pyrrole nitrogens is 1. The number of hydrogen-bond acceptors (Lipinski definition) is 5. The molecule has 186 valence electrons. The highest BCUT2D eigenvalue weighted by atomic mass is 127. The van der Waals surface area contributed by atoms with E-state index in [1.807, 2.05) is 19.2 Å². The maximum absolute atomic E-state index is 5.96. The van der Waals surface area contributed by atoms with Crippen molar-refractivity contribution >= 4 is 40.8 Å². The molecule has 0 atom stereocenters. The van der Waals surface area contributed by atoms with Crippen molar-refractivity contribution < 1.29 is 18.9 Å². The summed E-state index contributed by atoms with van der Waals surface area (Å²) >= 11 is 0. The van der Waals surface area contributed by atoms with E-state index in [4.69, 9.17) is 18.9 Å². The Hall–Kier alpha value is -1.72. The van der Waals surface area contributed by atoms with E-state index in [0.29, 0.717) is 6.10 Å². The molecule has 2 N–H and O–H groups in total. The first-order valence-electron chi connectivity index (χ1n) is 11.5. The first-order valence-corrected chi connectivity index (χ1v) is 11.5. The highest BCUT2D eigenvalue weighted by molar-refractivity contribution is 14.0. The maximum atomic E-state index is 5.96. The van der Waals surface area contributed by atoms with Gasteiger partial charge in [0.2, 0.25) is 0 Å². The number of benzene rings is 1. The van der Waals surface area contributed by atoms with E-state index < -0.39 is 0 Å². The molecule has 1 saturated heterocycles. The fourth-order valence-electron chi connectivity index (χ4n) is 4.16. The molecule has 1 aromatic carbocycles. The van der Waals surface area contributed by atoms with Gasteiger partial charge in [-0.2, -0.15) is 0 Å². The van der Waals surface area contributed by atoms with Gasteiger partial charge in [0.1, 0.15) is 11.5 Å². The molecule has 0 saturated carbocycles. The van der Waals surface area contributed by atoms with Gasteiger partial charge in [-0.1, -0.05) is 0 Å². The van der Waals surface area contributed by atoms with Gasteiger partial charge in [-0.25, -0.2) is 0 Å². The van der Waals surface area contributed by atoms with Crippen molar-refractivity contribution in [2.24, 2.45) is 4.99 Å². The minimum absolute atomic E-state index is 0. The Balaban J connectivity index is 0.00000385. The van der Waals surface area contributed by atoms with Crippen LogP contribution in [-0.4, -0.2) is 83.2 Å². The normalized spacial score (nSPS) is 14.9. The van der Waals surface area contributed by atoms with Gasteiger partial charge >= 0.3 is 0 Å². The minimum atomic E-state index is 0. The van der Waals surface area contributed by atoms with E-state index >= 15 is 0 Å². The molecule has 1 aromatic heterocycles. The predicted octanol–water partition coefficient (Wildman–Crippen LogP) is 3.83.